The standard InChI is InChI=1S/C17H23N3O/c1-19-9-6-17(7-10-19)20-13-16(12-18-20)15-4-2-14(3-5-15)8-11-21/h2-5,12-13,17,21H,6-11H2,1H3. The summed E-state index contributed by atoms with van der Waals surface area (Å²) in [5.41, 5.74) is 3.53. The molecule has 1 saturated heterocycles. The van der Waals surface area contributed by atoms with Crippen LogP contribution in [0, 0.1) is 0 Å². The average molecular weight is 285 g/mol. The predicted molar refractivity (Wildman–Crippen MR) is 84.2 cm³/mol. The van der Waals surface area contributed by atoms with Crippen molar-refractivity contribution in [3.05, 3.63) is 42.2 Å². The Morgan fingerprint density at radius 1 is 1.14 bits per heavy atom. The van der Waals surface area contributed by atoms with Crippen molar-refractivity contribution < 1.29 is 5.11 Å². The number of benzene rings is 1. The summed E-state index contributed by atoms with van der Waals surface area (Å²) in [6.07, 6.45) is 7.19. The first-order chi connectivity index (χ1) is 10.3. The molecule has 1 aliphatic heterocycles. The van der Waals surface area contributed by atoms with Crippen molar-refractivity contribution in [3.63, 3.8) is 0 Å². The molecule has 0 bridgehead atoms. The van der Waals surface area contributed by atoms with E-state index in [1.165, 1.54) is 29.5 Å². The van der Waals surface area contributed by atoms with Gasteiger partial charge in [0.1, 0.15) is 0 Å². The van der Waals surface area contributed by atoms with E-state index in [-0.39, 0.29) is 6.61 Å². The molecule has 1 aliphatic rings. The Morgan fingerprint density at radius 3 is 2.52 bits per heavy atom. The molecule has 0 radical (unpaired) electrons. The van der Waals surface area contributed by atoms with E-state index in [0.29, 0.717) is 6.04 Å². The normalized spacial score (nSPS) is 17.2. The molecule has 21 heavy (non-hydrogen) atoms. The lowest BCUT2D eigenvalue weighted by Crippen LogP contribution is -2.31. The summed E-state index contributed by atoms with van der Waals surface area (Å²) in [5.74, 6) is 0. The Morgan fingerprint density at radius 2 is 1.86 bits per heavy atom. The van der Waals surface area contributed by atoms with Gasteiger partial charge in [0.15, 0.2) is 0 Å². The highest BCUT2D eigenvalue weighted by Crippen LogP contribution is 2.25. The maximum atomic E-state index is 8.96. The zero-order valence-electron chi connectivity index (χ0n) is 12.6. The highest BCUT2D eigenvalue weighted by Gasteiger charge is 2.18. The molecule has 1 aromatic heterocycles. The zero-order chi connectivity index (χ0) is 14.7. The van der Waals surface area contributed by atoms with Crippen molar-refractivity contribution >= 4 is 0 Å². The van der Waals surface area contributed by atoms with E-state index < -0.39 is 0 Å². The summed E-state index contributed by atoms with van der Waals surface area (Å²) in [6, 6.07) is 8.92. The molecular weight excluding hydrogens is 262 g/mol. The van der Waals surface area contributed by atoms with E-state index >= 15 is 0 Å². The predicted octanol–water partition coefficient (Wildman–Crippen LogP) is 2.35. The number of nitrogens with zero attached hydrogens (tertiary/aromatic N) is 3. The van der Waals surface area contributed by atoms with Crippen LogP contribution in [0.15, 0.2) is 36.7 Å². The number of rotatable bonds is 4. The minimum absolute atomic E-state index is 0.202. The Hall–Kier alpha value is -1.65. The highest BCUT2D eigenvalue weighted by atomic mass is 16.2. The summed E-state index contributed by atoms with van der Waals surface area (Å²) in [7, 11) is 2.18. The molecule has 1 aromatic carbocycles. The summed E-state index contributed by atoms with van der Waals surface area (Å²) in [6.45, 7) is 2.50. The first kappa shape index (κ1) is 14.3. The van der Waals surface area contributed by atoms with Crippen molar-refractivity contribution in [1.82, 2.24) is 14.7 Å². The van der Waals surface area contributed by atoms with E-state index in [1.807, 2.05) is 6.20 Å². The smallest absolute Gasteiger partial charge is 0.0568 e. The van der Waals surface area contributed by atoms with Crippen LogP contribution in [0.4, 0.5) is 0 Å². The van der Waals surface area contributed by atoms with E-state index in [9.17, 15) is 0 Å². The minimum atomic E-state index is 0.202. The van der Waals surface area contributed by atoms with Crippen LogP contribution in [0.1, 0.15) is 24.4 Å². The quantitative estimate of drug-likeness (QED) is 0.937. The third-order valence-corrected chi connectivity index (χ3v) is 4.35. The van der Waals surface area contributed by atoms with Crippen molar-refractivity contribution in [2.24, 2.45) is 0 Å². The first-order valence-electron chi connectivity index (χ1n) is 7.69. The number of likely N-dealkylation sites (tertiary alicyclic amines) is 1. The summed E-state index contributed by atoms with van der Waals surface area (Å²) >= 11 is 0. The number of aliphatic hydroxyl groups is 1. The maximum Gasteiger partial charge on any atom is 0.0568 e. The van der Waals surface area contributed by atoms with Gasteiger partial charge < -0.3 is 10.0 Å². The van der Waals surface area contributed by atoms with Crippen LogP contribution in [-0.2, 0) is 6.42 Å². The van der Waals surface area contributed by atoms with Gasteiger partial charge in [-0.1, -0.05) is 24.3 Å². The molecular formula is C17H23N3O. The SMILES string of the molecule is CN1CCC(n2cc(-c3ccc(CCO)cc3)cn2)CC1. The van der Waals surface area contributed by atoms with Gasteiger partial charge in [0, 0.05) is 18.4 Å². The second kappa shape index (κ2) is 6.41. The zero-order valence-corrected chi connectivity index (χ0v) is 12.6. The Kier molecular flexibility index (Phi) is 4.36. The van der Waals surface area contributed by atoms with Crippen LogP contribution in [0.3, 0.4) is 0 Å². The summed E-state index contributed by atoms with van der Waals surface area (Å²) in [4.78, 5) is 2.38. The molecule has 0 spiro atoms. The minimum Gasteiger partial charge on any atom is -0.396 e. The molecule has 4 nitrogen and oxygen atoms in total. The van der Waals surface area contributed by atoms with Gasteiger partial charge in [0.2, 0.25) is 0 Å². The van der Waals surface area contributed by atoms with Crippen molar-refractivity contribution in [2.75, 3.05) is 26.7 Å². The average Bonchev–Trinajstić information content (AvgIpc) is 2.99. The van der Waals surface area contributed by atoms with Gasteiger partial charge in [-0.2, -0.15) is 5.10 Å². The molecule has 4 heteroatoms. The number of piperidine rings is 1. The van der Waals surface area contributed by atoms with Crippen LogP contribution >= 0.6 is 0 Å². The van der Waals surface area contributed by atoms with Crippen LogP contribution in [0.2, 0.25) is 0 Å². The van der Waals surface area contributed by atoms with Crippen LogP contribution < -0.4 is 0 Å². The van der Waals surface area contributed by atoms with Crippen LogP contribution in [0.5, 0.6) is 0 Å². The molecule has 112 valence electrons. The van der Waals surface area contributed by atoms with E-state index in [1.54, 1.807) is 0 Å². The first-order valence-corrected chi connectivity index (χ1v) is 7.69. The number of aromatic nitrogens is 2. The molecule has 0 aliphatic carbocycles. The van der Waals surface area contributed by atoms with Gasteiger partial charge in [0.05, 0.1) is 12.2 Å². The van der Waals surface area contributed by atoms with E-state index in [4.69, 9.17) is 5.11 Å². The highest BCUT2D eigenvalue weighted by molar-refractivity contribution is 5.61. The molecule has 1 fully saturated rings. The second-order valence-electron chi connectivity index (χ2n) is 5.91. The maximum absolute atomic E-state index is 8.96. The van der Waals surface area contributed by atoms with Crippen molar-refractivity contribution in [1.29, 1.82) is 0 Å². The third kappa shape index (κ3) is 3.34. The summed E-state index contributed by atoms with van der Waals surface area (Å²) in [5, 5.41) is 13.5. The lowest BCUT2D eigenvalue weighted by atomic mass is 10.0. The third-order valence-electron chi connectivity index (χ3n) is 4.35. The van der Waals surface area contributed by atoms with Gasteiger partial charge in [-0.25, -0.2) is 0 Å². The summed E-state index contributed by atoms with van der Waals surface area (Å²) < 4.78 is 2.13. The monoisotopic (exact) mass is 285 g/mol. The van der Waals surface area contributed by atoms with Gasteiger partial charge in [0.25, 0.3) is 0 Å². The molecule has 3 rings (SSSR count). The molecule has 0 atom stereocenters. The molecule has 0 amide bonds. The van der Waals surface area contributed by atoms with Gasteiger partial charge >= 0.3 is 0 Å². The Labute approximate surface area is 126 Å². The van der Waals surface area contributed by atoms with Gasteiger partial charge in [-0.05, 0) is 50.5 Å². The van der Waals surface area contributed by atoms with Crippen molar-refractivity contribution in [2.45, 2.75) is 25.3 Å². The number of hydrogen-bond donors (Lipinski definition) is 1. The topological polar surface area (TPSA) is 41.3 Å². The second-order valence-corrected chi connectivity index (χ2v) is 5.91. The van der Waals surface area contributed by atoms with Crippen LogP contribution in [-0.4, -0.2) is 46.5 Å². The van der Waals surface area contributed by atoms with Crippen LogP contribution in [0.25, 0.3) is 11.1 Å². The van der Waals surface area contributed by atoms with Gasteiger partial charge in [-0.15, -0.1) is 0 Å². The van der Waals surface area contributed by atoms with E-state index in [0.717, 1.165) is 19.5 Å². The molecule has 0 unspecified atom stereocenters. The van der Waals surface area contributed by atoms with Gasteiger partial charge in [-0.3, -0.25) is 4.68 Å². The number of hydrogen-bond acceptors (Lipinski definition) is 3. The molecule has 2 aromatic rings. The Bertz CT molecular complexity index is 568. The fourth-order valence-corrected chi connectivity index (χ4v) is 2.94. The molecule has 0 saturated carbocycles. The van der Waals surface area contributed by atoms with Crippen molar-refractivity contribution in [3.8, 4) is 11.1 Å². The fraction of sp³-hybridized carbons (Fsp3) is 0.471. The fourth-order valence-electron chi connectivity index (χ4n) is 2.94. The molecule has 2 heterocycles. The number of aliphatic hydroxyl groups excluding tert-OH is 1. The largest absolute Gasteiger partial charge is 0.396 e. The van der Waals surface area contributed by atoms with E-state index in [2.05, 4.69) is 52.2 Å². The lowest BCUT2D eigenvalue weighted by Gasteiger charge is -2.28. The lowest BCUT2D eigenvalue weighted by molar-refractivity contribution is 0.212. The molecule has 1 N–H and O–H groups in total. The Balaban J connectivity index is 1.72.